The van der Waals surface area contributed by atoms with Crippen molar-refractivity contribution in [3.63, 3.8) is 0 Å². The highest BCUT2D eigenvalue weighted by Gasteiger charge is 2.52. The van der Waals surface area contributed by atoms with E-state index in [0.717, 1.165) is 19.3 Å². The van der Waals surface area contributed by atoms with Crippen LogP contribution in [0.3, 0.4) is 0 Å². The highest BCUT2D eigenvalue weighted by Crippen LogP contribution is 2.34. The first-order valence-electron chi connectivity index (χ1n) is 18.3. The minimum absolute atomic E-state index is 0.00664. The van der Waals surface area contributed by atoms with Crippen molar-refractivity contribution < 1.29 is 66.8 Å². The summed E-state index contributed by atoms with van der Waals surface area (Å²) in [7, 11) is 0. The lowest BCUT2D eigenvalue weighted by Gasteiger charge is -2.23. The zero-order valence-corrected chi connectivity index (χ0v) is 30.5. The fourth-order valence-corrected chi connectivity index (χ4v) is 4.90. The van der Waals surface area contributed by atoms with Crippen LogP contribution < -0.4 is 0 Å². The fraction of sp³-hybridized carbons (Fsp3) is 0.943. The molecule has 0 aliphatic carbocycles. The van der Waals surface area contributed by atoms with Crippen LogP contribution in [0.2, 0.25) is 0 Å². The van der Waals surface area contributed by atoms with Gasteiger partial charge in [-0.1, -0.05) is 58.3 Å². The summed E-state index contributed by atoms with van der Waals surface area (Å²) in [5.74, 6) is -2.37. The van der Waals surface area contributed by atoms with Gasteiger partial charge in [0.2, 0.25) is 0 Å². The minimum atomic E-state index is -1.19. The van der Waals surface area contributed by atoms with Crippen LogP contribution >= 0.6 is 0 Å². The molecule has 3 unspecified atom stereocenters. The summed E-state index contributed by atoms with van der Waals surface area (Å²) in [6.07, 6.45) is 8.89. The average molecular weight is 711 g/mol. The van der Waals surface area contributed by atoms with Gasteiger partial charge >= 0.3 is 11.9 Å². The number of carbonyl (C=O) groups excluding carboxylic acids is 2. The molecule has 1 aliphatic rings. The zero-order chi connectivity index (χ0) is 35.7. The first kappa shape index (κ1) is 45.6. The predicted molar refractivity (Wildman–Crippen MR) is 180 cm³/mol. The van der Waals surface area contributed by atoms with E-state index in [4.69, 9.17) is 57.2 Å². The van der Waals surface area contributed by atoms with Crippen molar-refractivity contribution in [1.82, 2.24) is 0 Å². The Morgan fingerprint density at radius 2 is 0.857 bits per heavy atom. The molecular weight excluding hydrogens is 644 g/mol. The molecule has 0 aromatic carbocycles. The van der Waals surface area contributed by atoms with E-state index in [1.165, 1.54) is 38.5 Å². The summed E-state index contributed by atoms with van der Waals surface area (Å²) in [6, 6.07) is 0. The smallest absolute Gasteiger partial charge is 0.338 e. The van der Waals surface area contributed by atoms with Gasteiger partial charge in [0.15, 0.2) is 18.0 Å². The maximum absolute atomic E-state index is 12.8. The van der Waals surface area contributed by atoms with E-state index in [0.29, 0.717) is 92.3 Å². The Morgan fingerprint density at radius 3 is 1.24 bits per heavy atom. The van der Waals surface area contributed by atoms with Gasteiger partial charge in [-0.05, 0) is 20.3 Å². The molecule has 0 radical (unpaired) electrons. The molecule has 1 fully saturated rings. The summed E-state index contributed by atoms with van der Waals surface area (Å²) >= 11 is 0. The molecule has 0 amide bonds. The topological polar surface area (TPSA) is 156 Å². The molecule has 14 heteroatoms. The molecule has 0 aromatic heterocycles. The third-order valence-corrected chi connectivity index (χ3v) is 7.45. The molecule has 1 rings (SSSR count). The monoisotopic (exact) mass is 710 g/mol. The van der Waals surface area contributed by atoms with Gasteiger partial charge in [0.25, 0.3) is 0 Å². The van der Waals surface area contributed by atoms with Crippen molar-refractivity contribution in [3.8, 4) is 0 Å². The minimum Gasteiger partial charge on any atom is -0.464 e. The van der Waals surface area contributed by atoms with E-state index in [1.807, 2.05) is 0 Å². The van der Waals surface area contributed by atoms with Crippen LogP contribution in [0, 0.1) is 0 Å². The van der Waals surface area contributed by atoms with Gasteiger partial charge in [-0.2, -0.15) is 0 Å². The molecule has 14 nitrogen and oxygen atoms in total. The number of aliphatic hydroxyl groups is 1. The lowest BCUT2D eigenvalue weighted by Crippen LogP contribution is -2.39. The molecule has 0 saturated carbocycles. The van der Waals surface area contributed by atoms with Crippen LogP contribution in [0.5, 0.6) is 0 Å². The van der Waals surface area contributed by atoms with Crippen molar-refractivity contribution in [2.75, 3.05) is 112 Å². The second kappa shape index (κ2) is 32.4. The van der Waals surface area contributed by atoms with Crippen molar-refractivity contribution in [1.29, 1.82) is 0 Å². The molecule has 49 heavy (non-hydrogen) atoms. The Kier molecular flexibility index (Phi) is 30.2. The molecule has 3 atom stereocenters. The largest absolute Gasteiger partial charge is 0.464 e. The van der Waals surface area contributed by atoms with Gasteiger partial charge in [0, 0.05) is 6.42 Å². The SMILES string of the molecule is CCCCCCCCCCCC1(C)OC(C(=O)OCC)C(C(=O)OCCOCCOCCOCCOCCOCCOCCOCCO)O1. The van der Waals surface area contributed by atoms with Crippen LogP contribution in [0.1, 0.15) is 85.0 Å². The number of hydrogen-bond acceptors (Lipinski definition) is 14. The third-order valence-electron chi connectivity index (χ3n) is 7.45. The maximum Gasteiger partial charge on any atom is 0.338 e. The summed E-state index contributed by atoms with van der Waals surface area (Å²) in [5, 5.41) is 8.60. The van der Waals surface area contributed by atoms with Crippen molar-refractivity contribution >= 4 is 11.9 Å². The Morgan fingerprint density at radius 1 is 0.510 bits per heavy atom. The van der Waals surface area contributed by atoms with Crippen molar-refractivity contribution in [2.45, 2.75) is 103 Å². The Bertz CT molecular complexity index is 773. The number of unbranched alkanes of at least 4 members (excludes halogenated alkanes) is 8. The summed E-state index contributed by atoms with van der Waals surface area (Å²) in [6.45, 7) is 11.7. The highest BCUT2D eigenvalue weighted by molar-refractivity contribution is 5.86. The number of carbonyl (C=O) groups is 2. The molecule has 1 saturated heterocycles. The summed E-state index contributed by atoms with van der Waals surface area (Å²) in [5.41, 5.74) is 0. The number of ether oxygens (including phenoxy) is 11. The predicted octanol–water partition coefficient (Wildman–Crippen LogP) is 3.62. The third kappa shape index (κ3) is 25.2. The molecule has 0 bridgehead atoms. The normalized spacial score (nSPS) is 19.0. The zero-order valence-electron chi connectivity index (χ0n) is 30.5. The van der Waals surface area contributed by atoms with E-state index in [9.17, 15) is 9.59 Å². The lowest BCUT2D eigenvalue weighted by molar-refractivity contribution is -0.184. The fourth-order valence-electron chi connectivity index (χ4n) is 4.90. The molecule has 1 N–H and O–H groups in total. The molecule has 1 heterocycles. The quantitative estimate of drug-likeness (QED) is 0.0743. The second-order valence-electron chi connectivity index (χ2n) is 11.7. The number of esters is 2. The Labute approximate surface area is 294 Å². The number of rotatable bonds is 36. The lowest BCUT2D eigenvalue weighted by atomic mass is 10.0. The second-order valence-corrected chi connectivity index (χ2v) is 11.7. The van der Waals surface area contributed by atoms with Crippen molar-refractivity contribution in [3.05, 3.63) is 0 Å². The van der Waals surface area contributed by atoms with Crippen LogP contribution in [-0.4, -0.2) is 147 Å². The first-order chi connectivity index (χ1) is 24.0. The van der Waals surface area contributed by atoms with Crippen LogP contribution in [0.15, 0.2) is 0 Å². The van der Waals surface area contributed by atoms with E-state index in [-0.39, 0.29) is 26.4 Å². The molecular formula is C35H66O14. The summed E-state index contributed by atoms with van der Waals surface area (Å²) in [4.78, 5) is 25.4. The molecule has 0 spiro atoms. The van der Waals surface area contributed by atoms with Gasteiger partial charge in [0.05, 0.1) is 106 Å². The van der Waals surface area contributed by atoms with Gasteiger partial charge in [-0.15, -0.1) is 0 Å². The first-order valence-corrected chi connectivity index (χ1v) is 18.3. The van der Waals surface area contributed by atoms with Crippen LogP contribution in [0.25, 0.3) is 0 Å². The van der Waals surface area contributed by atoms with Crippen molar-refractivity contribution in [2.24, 2.45) is 0 Å². The van der Waals surface area contributed by atoms with Gasteiger partial charge < -0.3 is 57.2 Å². The molecule has 0 aromatic rings. The highest BCUT2D eigenvalue weighted by atomic mass is 16.8. The molecule has 290 valence electrons. The average Bonchev–Trinajstić information content (AvgIpc) is 3.45. The maximum atomic E-state index is 12.8. The Balaban J connectivity index is 2.04. The Hall–Kier alpha value is -1.46. The number of hydrogen-bond donors (Lipinski definition) is 1. The van der Waals surface area contributed by atoms with Gasteiger partial charge in [0.1, 0.15) is 6.61 Å². The molecule has 1 aliphatic heterocycles. The van der Waals surface area contributed by atoms with Gasteiger partial charge in [-0.3, -0.25) is 0 Å². The standard InChI is InChI=1S/C35H66O14/c1-4-6-7-8-9-10-11-12-13-14-35(3)48-31(33(37)46-5-2)32(49-35)34(38)47-30-29-45-28-27-44-26-25-43-24-23-42-22-21-41-20-19-40-18-17-39-16-15-36/h31-32,36H,4-30H2,1-3H3. The summed E-state index contributed by atoms with van der Waals surface area (Å²) < 4.78 is 60.1. The van der Waals surface area contributed by atoms with E-state index in [2.05, 4.69) is 6.92 Å². The van der Waals surface area contributed by atoms with E-state index >= 15 is 0 Å². The van der Waals surface area contributed by atoms with Crippen LogP contribution in [0.4, 0.5) is 0 Å². The van der Waals surface area contributed by atoms with Gasteiger partial charge in [-0.25, -0.2) is 9.59 Å². The number of aliphatic hydroxyl groups excluding tert-OH is 1. The van der Waals surface area contributed by atoms with Crippen LogP contribution in [-0.2, 0) is 61.7 Å². The van der Waals surface area contributed by atoms with E-state index in [1.54, 1.807) is 13.8 Å². The van der Waals surface area contributed by atoms with E-state index < -0.39 is 29.9 Å².